The molecule has 2 aromatic rings. The Balaban J connectivity index is 1.95. The minimum atomic E-state index is -1.31. The maximum atomic E-state index is 12.5. The van der Waals surface area contributed by atoms with Gasteiger partial charge in [0.25, 0.3) is 0 Å². The molecule has 0 aromatic heterocycles. The highest BCUT2D eigenvalue weighted by atomic mass is 79.9. The Morgan fingerprint density at radius 2 is 0.912 bits per heavy atom. The maximum Gasteiger partial charge on any atom is 0.123 e. The number of benzene rings is 2. The van der Waals surface area contributed by atoms with Gasteiger partial charge >= 0.3 is 0 Å². The van der Waals surface area contributed by atoms with E-state index >= 15 is 0 Å². The van der Waals surface area contributed by atoms with Crippen LogP contribution in [0.1, 0.15) is 115 Å². The highest BCUT2D eigenvalue weighted by molar-refractivity contribution is 9.10. The van der Waals surface area contributed by atoms with Crippen LogP contribution in [0.25, 0.3) is 11.1 Å². The molecule has 0 saturated carbocycles. The lowest BCUT2D eigenvalue weighted by atomic mass is 9.62. The molecule has 2 nitrogen and oxygen atoms in total. The second kappa shape index (κ2) is 13.0. The number of unbranched alkanes of at least 4 members (excludes halogenated alkanes) is 10. The van der Waals surface area contributed by atoms with Gasteiger partial charge in [-0.3, -0.25) is 0 Å². The molecular formula is C30H42Br2O2. The quantitative estimate of drug-likeness (QED) is 0.214. The van der Waals surface area contributed by atoms with Crippen LogP contribution in [-0.4, -0.2) is 10.2 Å². The van der Waals surface area contributed by atoms with Gasteiger partial charge in [0.15, 0.2) is 0 Å². The molecule has 34 heavy (non-hydrogen) atoms. The lowest BCUT2D eigenvalue weighted by molar-refractivity contribution is -0.177. The van der Waals surface area contributed by atoms with Gasteiger partial charge in [0.1, 0.15) is 11.2 Å². The van der Waals surface area contributed by atoms with E-state index in [9.17, 15) is 10.2 Å². The van der Waals surface area contributed by atoms with Crippen LogP contribution >= 0.6 is 31.9 Å². The average Bonchev–Trinajstić information content (AvgIpc) is 2.82. The topological polar surface area (TPSA) is 40.5 Å². The van der Waals surface area contributed by atoms with Crippen molar-refractivity contribution in [3.63, 3.8) is 0 Å². The van der Waals surface area contributed by atoms with Crippen molar-refractivity contribution in [2.75, 3.05) is 0 Å². The van der Waals surface area contributed by atoms with E-state index in [4.69, 9.17) is 0 Å². The molecule has 188 valence electrons. The lowest BCUT2D eigenvalue weighted by Gasteiger charge is -2.49. The molecule has 0 heterocycles. The molecule has 0 aliphatic heterocycles. The number of aliphatic hydroxyl groups is 2. The van der Waals surface area contributed by atoms with Crippen LogP contribution in [0.15, 0.2) is 45.3 Å². The Morgan fingerprint density at radius 1 is 0.559 bits per heavy atom. The predicted octanol–water partition coefficient (Wildman–Crippen LogP) is 9.77. The van der Waals surface area contributed by atoms with Gasteiger partial charge in [0.05, 0.1) is 0 Å². The monoisotopic (exact) mass is 592 g/mol. The molecule has 0 fully saturated rings. The molecule has 0 bridgehead atoms. The average molecular weight is 594 g/mol. The fourth-order valence-electron chi connectivity index (χ4n) is 5.64. The second-order valence-corrected chi connectivity index (χ2v) is 12.0. The lowest BCUT2D eigenvalue weighted by Crippen LogP contribution is -2.52. The second-order valence-electron chi connectivity index (χ2n) is 10.1. The molecule has 3 rings (SSSR count). The number of hydrogen-bond acceptors (Lipinski definition) is 2. The number of rotatable bonds is 14. The molecule has 2 N–H and O–H groups in total. The third-order valence-corrected chi connectivity index (χ3v) is 8.60. The molecule has 2 unspecified atom stereocenters. The van der Waals surface area contributed by atoms with Gasteiger partial charge in [0.2, 0.25) is 0 Å². The molecule has 1 aliphatic carbocycles. The van der Waals surface area contributed by atoms with Crippen LogP contribution in [0.4, 0.5) is 0 Å². The van der Waals surface area contributed by atoms with E-state index in [0.717, 1.165) is 56.9 Å². The fraction of sp³-hybridized carbons (Fsp3) is 0.600. The molecule has 2 atom stereocenters. The van der Waals surface area contributed by atoms with E-state index < -0.39 is 11.2 Å². The molecule has 2 aromatic carbocycles. The van der Waals surface area contributed by atoms with Gasteiger partial charge in [-0.15, -0.1) is 0 Å². The van der Waals surface area contributed by atoms with Gasteiger partial charge in [-0.05, 0) is 59.4 Å². The molecule has 0 radical (unpaired) electrons. The smallest absolute Gasteiger partial charge is 0.123 e. The summed E-state index contributed by atoms with van der Waals surface area (Å²) in [7, 11) is 0. The zero-order valence-electron chi connectivity index (χ0n) is 21.0. The number of hydrogen-bond donors (Lipinski definition) is 2. The first kappa shape index (κ1) is 27.9. The molecular weight excluding hydrogens is 552 g/mol. The summed E-state index contributed by atoms with van der Waals surface area (Å²) in [6.45, 7) is 4.47. The van der Waals surface area contributed by atoms with E-state index in [1.807, 2.05) is 24.3 Å². The Kier molecular flexibility index (Phi) is 10.7. The Hall–Kier alpha value is -0.680. The van der Waals surface area contributed by atoms with Gasteiger partial charge in [-0.2, -0.15) is 0 Å². The van der Waals surface area contributed by atoms with Gasteiger partial charge in [-0.1, -0.05) is 135 Å². The Morgan fingerprint density at radius 3 is 1.29 bits per heavy atom. The van der Waals surface area contributed by atoms with Gasteiger partial charge in [-0.25, -0.2) is 0 Å². The van der Waals surface area contributed by atoms with Crippen LogP contribution in [0.5, 0.6) is 0 Å². The molecule has 1 aliphatic rings. The van der Waals surface area contributed by atoms with E-state index in [1.54, 1.807) is 0 Å². The van der Waals surface area contributed by atoms with Crippen molar-refractivity contribution in [2.24, 2.45) is 0 Å². The molecule has 0 amide bonds. The van der Waals surface area contributed by atoms with Crippen molar-refractivity contribution in [3.05, 3.63) is 56.5 Å². The van der Waals surface area contributed by atoms with Crippen LogP contribution in [-0.2, 0) is 11.2 Å². The van der Waals surface area contributed by atoms with Crippen LogP contribution in [0.2, 0.25) is 0 Å². The number of halogens is 2. The Bertz CT molecular complexity index is 853. The summed E-state index contributed by atoms with van der Waals surface area (Å²) in [5.74, 6) is 0. The summed E-state index contributed by atoms with van der Waals surface area (Å²) in [6, 6.07) is 12.3. The van der Waals surface area contributed by atoms with Crippen LogP contribution in [0.3, 0.4) is 0 Å². The van der Waals surface area contributed by atoms with Gasteiger partial charge < -0.3 is 10.2 Å². The van der Waals surface area contributed by atoms with Crippen LogP contribution in [0, 0.1) is 0 Å². The zero-order chi connectivity index (χ0) is 24.6. The summed E-state index contributed by atoms with van der Waals surface area (Å²) in [6.07, 6.45) is 15.0. The van der Waals surface area contributed by atoms with Crippen molar-refractivity contribution in [1.29, 1.82) is 0 Å². The predicted molar refractivity (Wildman–Crippen MR) is 151 cm³/mol. The van der Waals surface area contributed by atoms with Crippen molar-refractivity contribution < 1.29 is 10.2 Å². The molecule has 0 saturated heterocycles. The number of fused-ring (bicyclic) bond motifs is 3. The van der Waals surface area contributed by atoms with Crippen LogP contribution < -0.4 is 0 Å². The summed E-state index contributed by atoms with van der Waals surface area (Å²) in [5.41, 5.74) is 1.17. The SMILES string of the molecule is CCCCCCCCC1(O)c2cc(Br)ccc2-c2ccc(Br)cc2C1(O)CCCCCCCC. The van der Waals surface area contributed by atoms with Crippen molar-refractivity contribution in [2.45, 2.75) is 115 Å². The van der Waals surface area contributed by atoms with E-state index in [0.29, 0.717) is 12.8 Å². The standard InChI is InChI=1S/C30H42Br2O2/c1-3-5-7-9-11-13-19-29(33)27-21-23(31)15-17-25(27)26-18-16-24(32)22-28(26)30(29,34)20-14-12-10-8-6-4-2/h15-18,21-22,33-34H,3-14,19-20H2,1-2H3. The normalized spacial score (nSPS) is 21.4. The van der Waals surface area contributed by atoms with E-state index in [1.165, 1.54) is 51.4 Å². The zero-order valence-corrected chi connectivity index (χ0v) is 24.2. The third-order valence-electron chi connectivity index (χ3n) is 7.61. The van der Waals surface area contributed by atoms with E-state index in [-0.39, 0.29) is 0 Å². The first-order valence-electron chi connectivity index (χ1n) is 13.4. The minimum Gasteiger partial charge on any atom is -0.382 e. The van der Waals surface area contributed by atoms with Crippen molar-refractivity contribution >= 4 is 31.9 Å². The highest BCUT2D eigenvalue weighted by Gasteiger charge is 2.55. The fourth-order valence-corrected chi connectivity index (χ4v) is 6.36. The van der Waals surface area contributed by atoms with Gasteiger partial charge in [0, 0.05) is 8.95 Å². The molecule has 4 heteroatoms. The first-order chi connectivity index (χ1) is 16.4. The minimum absolute atomic E-state index is 0.570. The summed E-state index contributed by atoms with van der Waals surface area (Å²) in [5, 5.41) is 24.9. The summed E-state index contributed by atoms with van der Waals surface area (Å²) < 4.78 is 1.88. The highest BCUT2D eigenvalue weighted by Crippen LogP contribution is 2.56. The van der Waals surface area contributed by atoms with Crippen molar-refractivity contribution in [3.8, 4) is 11.1 Å². The van der Waals surface area contributed by atoms with Crippen molar-refractivity contribution in [1.82, 2.24) is 0 Å². The largest absolute Gasteiger partial charge is 0.382 e. The third kappa shape index (κ3) is 6.17. The maximum absolute atomic E-state index is 12.5. The summed E-state index contributed by atoms with van der Waals surface area (Å²) in [4.78, 5) is 0. The summed E-state index contributed by atoms with van der Waals surface area (Å²) >= 11 is 7.26. The molecule has 0 spiro atoms. The van der Waals surface area contributed by atoms with E-state index in [2.05, 4.69) is 57.8 Å². The first-order valence-corrected chi connectivity index (χ1v) is 15.0. The Labute approximate surface area is 223 Å².